The van der Waals surface area contributed by atoms with Crippen LogP contribution in [0.3, 0.4) is 0 Å². The van der Waals surface area contributed by atoms with E-state index in [1.54, 1.807) is 32.9 Å². The number of piperazine rings is 1. The van der Waals surface area contributed by atoms with Gasteiger partial charge in [-0.15, -0.1) is 0 Å². The van der Waals surface area contributed by atoms with Crippen molar-refractivity contribution in [2.75, 3.05) is 33.3 Å². The summed E-state index contributed by atoms with van der Waals surface area (Å²) in [5.74, 6) is 0.371. The van der Waals surface area contributed by atoms with Crippen LogP contribution in [0.2, 0.25) is 0 Å². The molecule has 0 radical (unpaired) electrons. The third kappa shape index (κ3) is 3.86. The number of fused-ring (bicyclic) bond motifs is 1. The second kappa shape index (κ2) is 7.01. The molecule has 27 heavy (non-hydrogen) atoms. The summed E-state index contributed by atoms with van der Waals surface area (Å²) in [6, 6.07) is 3.29. The van der Waals surface area contributed by atoms with Crippen molar-refractivity contribution in [2.24, 2.45) is 0 Å². The summed E-state index contributed by atoms with van der Waals surface area (Å²) in [5.41, 5.74) is -0.0892. The van der Waals surface area contributed by atoms with E-state index in [1.807, 2.05) is 0 Å². The number of amides is 1. The molecule has 10 heteroatoms. The minimum Gasteiger partial charge on any atom is -0.481 e. The molecule has 0 bridgehead atoms. The van der Waals surface area contributed by atoms with Crippen molar-refractivity contribution in [1.29, 1.82) is 0 Å². The van der Waals surface area contributed by atoms with Gasteiger partial charge in [0.15, 0.2) is 0 Å². The summed E-state index contributed by atoms with van der Waals surface area (Å²) in [4.78, 5) is 17.8. The zero-order valence-electron chi connectivity index (χ0n) is 15.9. The molecule has 1 amide bonds. The molecule has 1 aliphatic heterocycles. The van der Waals surface area contributed by atoms with Gasteiger partial charge in [0.1, 0.15) is 5.60 Å². The molecule has 148 valence electrons. The van der Waals surface area contributed by atoms with Gasteiger partial charge in [0.25, 0.3) is 0 Å². The number of ether oxygens (including phenoxy) is 2. The maximum Gasteiger partial charge on any atom is 0.410 e. The van der Waals surface area contributed by atoms with Crippen molar-refractivity contribution < 1.29 is 22.7 Å². The van der Waals surface area contributed by atoms with Gasteiger partial charge in [0, 0.05) is 38.6 Å². The fraction of sp³-hybridized carbons (Fsp3) is 0.529. The van der Waals surface area contributed by atoms with Crippen molar-refractivity contribution in [3.05, 3.63) is 24.5 Å². The highest BCUT2D eigenvalue weighted by Gasteiger charge is 2.32. The Morgan fingerprint density at radius 1 is 1.15 bits per heavy atom. The van der Waals surface area contributed by atoms with Gasteiger partial charge in [0.2, 0.25) is 5.88 Å². The Labute approximate surface area is 158 Å². The number of hydrogen-bond acceptors (Lipinski definition) is 6. The van der Waals surface area contributed by atoms with E-state index in [2.05, 4.69) is 4.98 Å². The first-order valence-corrected chi connectivity index (χ1v) is 10.0. The molecule has 2 aromatic rings. The van der Waals surface area contributed by atoms with Gasteiger partial charge in [0.05, 0.1) is 18.0 Å². The number of carbonyl (C=O) groups is 1. The van der Waals surface area contributed by atoms with Crippen molar-refractivity contribution in [3.8, 4) is 5.88 Å². The zero-order valence-corrected chi connectivity index (χ0v) is 16.7. The SMILES string of the molecule is COc1nccc2c1ccn2S(=O)(=O)N1CCN(C(=O)OC(C)(C)C)CC1. The molecule has 0 unspecified atom stereocenters. The number of hydrogen-bond donors (Lipinski definition) is 0. The van der Waals surface area contributed by atoms with E-state index in [0.29, 0.717) is 16.8 Å². The van der Waals surface area contributed by atoms with Crippen LogP contribution >= 0.6 is 0 Å². The smallest absolute Gasteiger partial charge is 0.410 e. The molecular weight excluding hydrogens is 372 g/mol. The minimum atomic E-state index is -3.77. The summed E-state index contributed by atoms with van der Waals surface area (Å²) >= 11 is 0. The van der Waals surface area contributed by atoms with Gasteiger partial charge in [-0.1, -0.05) is 0 Å². The summed E-state index contributed by atoms with van der Waals surface area (Å²) in [6.45, 7) is 6.34. The molecular formula is C17H24N4O5S. The standard InChI is InChI=1S/C17H24N4O5S/c1-17(2,3)26-16(22)19-9-11-20(12-10-19)27(23,24)21-8-6-13-14(21)5-7-18-15(13)25-4/h5-8H,9-12H2,1-4H3. The van der Waals surface area contributed by atoms with Crippen LogP contribution in [0.5, 0.6) is 5.88 Å². The maximum absolute atomic E-state index is 13.1. The molecule has 0 saturated carbocycles. The number of nitrogens with zero attached hydrogens (tertiary/aromatic N) is 4. The van der Waals surface area contributed by atoms with Gasteiger partial charge in [-0.2, -0.15) is 12.7 Å². The summed E-state index contributed by atoms with van der Waals surface area (Å²) in [7, 11) is -2.28. The molecule has 0 aliphatic carbocycles. The second-order valence-electron chi connectivity index (χ2n) is 7.24. The normalized spacial score (nSPS) is 16.5. The lowest BCUT2D eigenvalue weighted by Crippen LogP contribution is -2.52. The number of rotatable bonds is 3. The molecule has 1 saturated heterocycles. The Balaban J connectivity index is 1.77. The first-order chi connectivity index (χ1) is 12.6. The lowest BCUT2D eigenvalue weighted by atomic mass is 10.2. The van der Waals surface area contributed by atoms with Crippen LogP contribution in [0, 0.1) is 0 Å². The fourth-order valence-corrected chi connectivity index (χ4v) is 4.43. The van der Waals surface area contributed by atoms with Crippen LogP contribution in [-0.4, -0.2) is 71.6 Å². The van der Waals surface area contributed by atoms with E-state index >= 15 is 0 Å². The summed E-state index contributed by atoms with van der Waals surface area (Å²) < 4.78 is 39.2. The predicted molar refractivity (Wildman–Crippen MR) is 100.0 cm³/mol. The Bertz CT molecular complexity index is 940. The molecule has 3 heterocycles. The third-order valence-electron chi connectivity index (χ3n) is 4.20. The van der Waals surface area contributed by atoms with Crippen molar-refractivity contribution in [3.63, 3.8) is 0 Å². The third-order valence-corrected chi connectivity index (χ3v) is 6.04. The van der Waals surface area contributed by atoms with E-state index in [-0.39, 0.29) is 26.2 Å². The van der Waals surface area contributed by atoms with Crippen LogP contribution in [0.1, 0.15) is 20.8 Å². The Kier molecular flexibility index (Phi) is 5.04. The largest absolute Gasteiger partial charge is 0.481 e. The van der Waals surface area contributed by atoms with E-state index in [9.17, 15) is 13.2 Å². The highest BCUT2D eigenvalue weighted by Crippen LogP contribution is 2.26. The Morgan fingerprint density at radius 3 is 2.41 bits per heavy atom. The molecule has 0 atom stereocenters. The lowest BCUT2D eigenvalue weighted by Gasteiger charge is -2.35. The topological polar surface area (TPSA) is 94.0 Å². The van der Waals surface area contributed by atoms with E-state index in [4.69, 9.17) is 9.47 Å². The van der Waals surface area contributed by atoms with Crippen LogP contribution < -0.4 is 4.74 Å². The fourth-order valence-electron chi connectivity index (χ4n) is 2.93. The van der Waals surface area contributed by atoms with Gasteiger partial charge < -0.3 is 14.4 Å². The number of aromatic nitrogens is 2. The lowest BCUT2D eigenvalue weighted by molar-refractivity contribution is 0.0192. The molecule has 9 nitrogen and oxygen atoms in total. The van der Waals surface area contributed by atoms with Gasteiger partial charge >= 0.3 is 16.3 Å². The van der Waals surface area contributed by atoms with Crippen LogP contribution in [0.4, 0.5) is 4.79 Å². The average Bonchev–Trinajstić information content (AvgIpc) is 3.05. The predicted octanol–water partition coefficient (Wildman–Crippen LogP) is 1.69. The Hall–Kier alpha value is -2.33. The highest BCUT2D eigenvalue weighted by atomic mass is 32.2. The molecule has 1 fully saturated rings. The molecule has 3 rings (SSSR count). The van der Waals surface area contributed by atoms with Crippen LogP contribution in [0.15, 0.2) is 24.5 Å². The molecule has 1 aliphatic rings. The average molecular weight is 396 g/mol. The first-order valence-electron chi connectivity index (χ1n) is 8.62. The van der Waals surface area contributed by atoms with Gasteiger partial charge in [-0.25, -0.2) is 13.8 Å². The monoisotopic (exact) mass is 396 g/mol. The van der Waals surface area contributed by atoms with E-state index < -0.39 is 21.9 Å². The highest BCUT2D eigenvalue weighted by molar-refractivity contribution is 7.87. The van der Waals surface area contributed by atoms with Gasteiger partial charge in [-0.3, -0.25) is 0 Å². The first kappa shape index (κ1) is 19.4. The number of carbonyl (C=O) groups excluding carboxylic acids is 1. The molecule has 0 N–H and O–H groups in total. The summed E-state index contributed by atoms with van der Waals surface area (Å²) in [6.07, 6.45) is 2.57. The molecule has 0 aromatic carbocycles. The second-order valence-corrected chi connectivity index (χ2v) is 9.04. The number of methoxy groups -OCH3 is 1. The van der Waals surface area contributed by atoms with Crippen molar-refractivity contribution in [2.45, 2.75) is 26.4 Å². The Morgan fingerprint density at radius 2 is 1.81 bits per heavy atom. The quantitative estimate of drug-likeness (QED) is 0.784. The van der Waals surface area contributed by atoms with Crippen LogP contribution in [0.25, 0.3) is 10.9 Å². The molecule has 0 spiro atoms. The minimum absolute atomic E-state index is 0.198. The van der Waals surface area contributed by atoms with Gasteiger partial charge in [-0.05, 0) is 32.9 Å². The van der Waals surface area contributed by atoms with Crippen LogP contribution in [-0.2, 0) is 14.9 Å². The summed E-state index contributed by atoms with van der Waals surface area (Å²) in [5, 5.41) is 0.621. The van der Waals surface area contributed by atoms with E-state index in [1.165, 1.54) is 32.7 Å². The van der Waals surface area contributed by atoms with Crippen molar-refractivity contribution >= 4 is 27.2 Å². The van der Waals surface area contributed by atoms with E-state index in [0.717, 1.165) is 0 Å². The van der Waals surface area contributed by atoms with Crippen molar-refractivity contribution in [1.82, 2.24) is 18.2 Å². The maximum atomic E-state index is 13.1. The number of pyridine rings is 1. The molecule has 2 aromatic heterocycles. The zero-order chi connectivity index (χ0) is 19.8.